The molecule has 3 aromatic carbocycles. The molecular formula is C39H42F3N8O3+. The summed E-state index contributed by atoms with van der Waals surface area (Å²) >= 11 is 0. The van der Waals surface area contributed by atoms with Crippen molar-refractivity contribution < 1.29 is 27.2 Å². The van der Waals surface area contributed by atoms with E-state index < -0.39 is 29.5 Å². The fraction of sp³-hybridized carbons (Fsp3) is 0.308. The second kappa shape index (κ2) is 15.7. The van der Waals surface area contributed by atoms with Crippen molar-refractivity contribution in [3.05, 3.63) is 124 Å². The lowest BCUT2D eigenvalue weighted by molar-refractivity contribution is -0.895. The van der Waals surface area contributed by atoms with Crippen molar-refractivity contribution in [2.24, 2.45) is 0 Å². The number of carbonyl (C=O) groups excluding carboxylic acids is 2. The Morgan fingerprint density at radius 3 is 2.13 bits per heavy atom. The SMILES string of the molecule is Cc1c(-c2ccnn2-c2ccc(C#N)cc2)n(C(=O)N[C@@H](C)C(=O)N(C)C2CC[N+](C)(C)CC2)c(=O)n1-c1cccc(C(F)(F)F)c1.c1ccccc1. The molecule has 1 N–H and O–H groups in total. The first-order chi connectivity index (χ1) is 25.1. The first kappa shape index (κ1) is 38.3. The normalized spacial score (nSPS) is 14.7. The lowest BCUT2D eigenvalue weighted by Crippen LogP contribution is -2.55. The van der Waals surface area contributed by atoms with Gasteiger partial charge >= 0.3 is 17.9 Å². The molecule has 11 nitrogen and oxygen atoms in total. The Bertz CT molecular complexity index is 2130. The first-order valence-corrected chi connectivity index (χ1v) is 17.1. The molecule has 1 atom stereocenters. The minimum Gasteiger partial charge on any atom is -0.341 e. The summed E-state index contributed by atoms with van der Waals surface area (Å²) in [5.74, 6) is -0.332. The Hall–Kier alpha value is -5.94. The van der Waals surface area contributed by atoms with Crippen LogP contribution in [0.2, 0.25) is 0 Å². The van der Waals surface area contributed by atoms with Crippen LogP contribution in [0.1, 0.15) is 36.6 Å². The number of rotatable bonds is 6. The van der Waals surface area contributed by atoms with Gasteiger partial charge in [-0.25, -0.2) is 18.8 Å². The highest BCUT2D eigenvalue weighted by Gasteiger charge is 2.35. The lowest BCUT2D eigenvalue weighted by atomic mass is 10.0. The van der Waals surface area contributed by atoms with Gasteiger partial charge in [0.2, 0.25) is 5.91 Å². The molecule has 0 saturated carbocycles. The monoisotopic (exact) mass is 727 g/mol. The van der Waals surface area contributed by atoms with Crippen LogP contribution in [-0.4, -0.2) is 86.6 Å². The summed E-state index contributed by atoms with van der Waals surface area (Å²) in [5.41, 5.74) is -0.561. The number of nitrogens with one attached hydrogen (secondary N) is 1. The third kappa shape index (κ3) is 8.58. The van der Waals surface area contributed by atoms with Gasteiger partial charge in [0.05, 0.1) is 73.3 Å². The fourth-order valence-electron chi connectivity index (χ4n) is 6.41. The van der Waals surface area contributed by atoms with Crippen molar-refractivity contribution in [1.82, 2.24) is 29.1 Å². The largest absolute Gasteiger partial charge is 0.416 e. The number of likely N-dealkylation sites (tertiary alicyclic amines) is 1. The summed E-state index contributed by atoms with van der Waals surface area (Å²) in [6.45, 7) is 4.85. The molecule has 5 aromatic rings. The summed E-state index contributed by atoms with van der Waals surface area (Å²) in [5, 5.41) is 16.2. The van der Waals surface area contributed by atoms with E-state index in [-0.39, 0.29) is 34.7 Å². The number of imidazole rings is 1. The van der Waals surface area contributed by atoms with Gasteiger partial charge in [0.25, 0.3) is 0 Å². The molecule has 3 heterocycles. The van der Waals surface area contributed by atoms with Crippen LogP contribution in [0, 0.1) is 18.3 Å². The van der Waals surface area contributed by atoms with E-state index in [1.807, 2.05) is 42.5 Å². The van der Waals surface area contributed by atoms with Gasteiger partial charge in [0, 0.05) is 25.9 Å². The number of halogens is 3. The summed E-state index contributed by atoms with van der Waals surface area (Å²) in [4.78, 5) is 43.1. The molecule has 1 aliphatic heterocycles. The molecule has 1 aliphatic rings. The maximum absolute atomic E-state index is 14.1. The molecule has 0 bridgehead atoms. The van der Waals surface area contributed by atoms with E-state index in [9.17, 15) is 32.8 Å². The van der Waals surface area contributed by atoms with Gasteiger partial charge in [-0.05, 0) is 62.4 Å². The highest BCUT2D eigenvalue weighted by molar-refractivity contribution is 5.89. The molecule has 0 spiro atoms. The number of benzene rings is 3. The number of piperidine rings is 1. The molecule has 14 heteroatoms. The third-order valence-electron chi connectivity index (χ3n) is 9.45. The lowest BCUT2D eigenvalue weighted by Gasteiger charge is -2.40. The molecule has 6 rings (SSSR count). The molecular weight excluding hydrogens is 685 g/mol. The molecule has 1 fully saturated rings. The number of nitrogens with zero attached hydrogens (tertiary/aromatic N) is 7. The number of nitriles is 1. The number of amides is 2. The molecule has 276 valence electrons. The van der Waals surface area contributed by atoms with Gasteiger partial charge in [-0.2, -0.15) is 23.5 Å². The maximum Gasteiger partial charge on any atom is 0.416 e. The van der Waals surface area contributed by atoms with E-state index >= 15 is 0 Å². The van der Waals surface area contributed by atoms with Crippen molar-refractivity contribution in [2.75, 3.05) is 34.2 Å². The summed E-state index contributed by atoms with van der Waals surface area (Å²) in [6.07, 6.45) is -1.61. The van der Waals surface area contributed by atoms with Crippen molar-refractivity contribution >= 4 is 11.9 Å². The van der Waals surface area contributed by atoms with Gasteiger partial charge in [0.15, 0.2) is 0 Å². The Labute approximate surface area is 305 Å². The zero-order valence-electron chi connectivity index (χ0n) is 30.2. The second-order valence-corrected chi connectivity index (χ2v) is 13.6. The molecule has 53 heavy (non-hydrogen) atoms. The van der Waals surface area contributed by atoms with Crippen molar-refractivity contribution in [3.8, 4) is 28.8 Å². The van der Waals surface area contributed by atoms with E-state index in [1.165, 1.54) is 36.9 Å². The molecule has 0 radical (unpaired) electrons. The van der Waals surface area contributed by atoms with E-state index in [4.69, 9.17) is 0 Å². The first-order valence-electron chi connectivity index (χ1n) is 17.1. The van der Waals surface area contributed by atoms with Crippen LogP contribution in [0.15, 0.2) is 102 Å². The predicted octanol–water partition coefficient (Wildman–Crippen LogP) is 6.02. The highest BCUT2D eigenvalue weighted by atomic mass is 19.4. The van der Waals surface area contributed by atoms with Crippen LogP contribution in [0.5, 0.6) is 0 Å². The van der Waals surface area contributed by atoms with E-state index in [1.54, 1.807) is 42.3 Å². The Morgan fingerprint density at radius 1 is 0.962 bits per heavy atom. The number of alkyl halides is 3. The second-order valence-electron chi connectivity index (χ2n) is 13.6. The summed E-state index contributed by atoms with van der Waals surface area (Å²) in [7, 11) is 5.97. The van der Waals surface area contributed by atoms with Gasteiger partial charge in [-0.15, -0.1) is 0 Å². The van der Waals surface area contributed by atoms with Crippen molar-refractivity contribution in [3.63, 3.8) is 0 Å². The topological polar surface area (TPSA) is 118 Å². The number of quaternary nitrogens is 1. The average molecular weight is 728 g/mol. The van der Waals surface area contributed by atoms with Crippen LogP contribution in [-0.2, 0) is 11.0 Å². The molecule has 0 unspecified atom stereocenters. The van der Waals surface area contributed by atoms with Crippen LogP contribution >= 0.6 is 0 Å². The fourth-order valence-corrected chi connectivity index (χ4v) is 6.41. The Balaban J connectivity index is 0.000000820. The zero-order valence-corrected chi connectivity index (χ0v) is 30.2. The number of aromatic nitrogens is 4. The maximum atomic E-state index is 14.1. The molecule has 1 saturated heterocycles. The molecule has 2 aromatic heterocycles. The minimum atomic E-state index is -4.67. The van der Waals surface area contributed by atoms with E-state index in [2.05, 4.69) is 24.5 Å². The smallest absolute Gasteiger partial charge is 0.341 e. The number of hydrogen-bond donors (Lipinski definition) is 1. The van der Waals surface area contributed by atoms with Gasteiger partial charge in [-0.3, -0.25) is 9.36 Å². The third-order valence-corrected chi connectivity index (χ3v) is 9.45. The Kier molecular flexibility index (Phi) is 11.4. The number of carbonyl (C=O) groups is 2. The standard InChI is InChI=1S/C33H35F3N8O3.C6H6/c1-21(30(45)40(3)25-14-17-44(4,5)18-15-25)39-31(46)42-29(28-13-16-38-43(28)26-11-9-23(20-37)10-12-26)22(2)41(32(42)47)27-8-6-7-24(19-27)33(34,35)36;1-2-4-6-5-3-1/h6-13,16,19,21,25H,14-15,17-18H2,1-5H3;1-6H/p+1/t21-;/m0./s1. The number of likely N-dealkylation sites (N-methyl/N-ethyl adjacent to an activating group) is 1. The van der Waals surface area contributed by atoms with Crippen LogP contribution in [0.4, 0.5) is 18.0 Å². The molecule has 0 aliphatic carbocycles. The van der Waals surface area contributed by atoms with Crippen LogP contribution in [0.3, 0.4) is 0 Å². The number of hydrogen-bond acceptors (Lipinski definition) is 5. The average Bonchev–Trinajstić information content (AvgIpc) is 3.73. The quantitative estimate of drug-likeness (QED) is 0.215. The van der Waals surface area contributed by atoms with Crippen molar-refractivity contribution in [2.45, 2.75) is 44.9 Å². The predicted molar refractivity (Wildman–Crippen MR) is 195 cm³/mol. The highest BCUT2D eigenvalue weighted by Crippen LogP contribution is 2.32. The van der Waals surface area contributed by atoms with Gasteiger partial charge < -0.3 is 14.7 Å². The van der Waals surface area contributed by atoms with Gasteiger partial charge in [0.1, 0.15) is 11.7 Å². The summed E-state index contributed by atoms with van der Waals surface area (Å²) < 4.78 is 45.1. The van der Waals surface area contributed by atoms with E-state index in [0.29, 0.717) is 11.3 Å². The summed E-state index contributed by atoms with van der Waals surface area (Å²) in [6, 6.07) is 24.4. The zero-order chi connectivity index (χ0) is 38.5. The molecule has 2 amide bonds. The van der Waals surface area contributed by atoms with Gasteiger partial charge in [-0.1, -0.05) is 42.5 Å². The van der Waals surface area contributed by atoms with Crippen LogP contribution < -0.4 is 11.0 Å². The van der Waals surface area contributed by atoms with E-state index in [0.717, 1.165) is 51.7 Å². The Morgan fingerprint density at radius 2 is 1.57 bits per heavy atom. The van der Waals surface area contributed by atoms with Crippen molar-refractivity contribution in [1.29, 1.82) is 5.26 Å². The minimum absolute atomic E-state index is 0.00250. The van der Waals surface area contributed by atoms with Crippen LogP contribution in [0.25, 0.3) is 22.8 Å².